The standard InChI is InChI=1S/C30H23NO4/c1-18-28(19(2)32)23-17-27-24(16-25(23)31(18)22-12-8-5-9-13-22)30(34)29(20(3)35-27)26(33)15-14-21-10-6-4-7-11-21/h4-17H,1-3H3/b15-14+. The second-order valence-electron chi connectivity index (χ2n) is 8.52. The van der Waals surface area contributed by atoms with Gasteiger partial charge in [0.25, 0.3) is 0 Å². The molecule has 3 aromatic carbocycles. The highest BCUT2D eigenvalue weighted by Gasteiger charge is 2.22. The van der Waals surface area contributed by atoms with Gasteiger partial charge in [-0.05, 0) is 56.7 Å². The van der Waals surface area contributed by atoms with Crippen LogP contribution in [0, 0.1) is 13.8 Å². The molecule has 5 nitrogen and oxygen atoms in total. The number of allylic oxidation sites excluding steroid dienone is 1. The first kappa shape index (κ1) is 22.3. The summed E-state index contributed by atoms with van der Waals surface area (Å²) in [4.78, 5) is 39.1. The minimum absolute atomic E-state index is 0.00496. The summed E-state index contributed by atoms with van der Waals surface area (Å²) in [5.74, 6) is -0.243. The summed E-state index contributed by atoms with van der Waals surface area (Å²) in [6.45, 7) is 5.03. The highest BCUT2D eigenvalue weighted by atomic mass is 16.3. The van der Waals surface area contributed by atoms with Crippen molar-refractivity contribution in [2.45, 2.75) is 20.8 Å². The van der Waals surface area contributed by atoms with Gasteiger partial charge in [-0.1, -0.05) is 54.6 Å². The summed E-state index contributed by atoms with van der Waals surface area (Å²) < 4.78 is 7.93. The zero-order valence-electron chi connectivity index (χ0n) is 19.7. The third kappa shape index (κ3) is 3.81. The SMILES string of the molecule is CC(=O)c1c(C)n(-c2ccccc2)c2cc3c(=O)c(C(=O)/C=C/c4ccccc4)c(C)oc3cc12. The van der Waals surface area contributed by atoms with Crippen LogP contribution in [0.1, 0.15) is 44.7 Å². The number of para-hydroxylation sites is 1. The van der Waals surface area contributed by atoms with Gasteiger partial charge in [0.15, 0.2) is 11.6 Å². The second kappa shape index (κ2) is 8.69. The number of Topliss-reactive ketones (excluding diaryl/α,β-unsaturated/α-hetero) is 1. The van der Waals surface area contributed by atoms with E-state index in [1.807, 2.05) is 72.2 Å². The lowest BCUT2D eigenvalue weighted by molar-refractivity contribution is 0.101. The van der Waals surface area contributed by atoms with E-state index in [2.05, 4.69) is 0 Å². The van der Waals surface area contributed by atoms with Crippen molar-refractivity contribution in [1.29, 1.82) is 0 Å². The molecular formula is C30H23NO4. The van der Waals surface area contributed by atoms with Gasteiger partial charge in [-0.15, -0.1) is 0 Å². The Morgan fingerprint density at radius 3 is 2.17 bits per heavy atom. The largest absolute Gasteiger partial charge is 0.460 e. The Morgan fingerprint density at radius 2 is 1.51 bits per heavy atom. The zero-order valence-corrected chi connectivity index (χ0v) is 19.7. The van der Waals surface area contributed by atoms with E-state index in [0.717, 1.165) is 16.9 Å². The third-order valence-electron chi connectivity index (χ3n) is 6.23. The fourth-order valence-electron chi connectivity index (χ4n) is 4.67. The molecule has 5 heteroatoms. The van der Waals surface area contributed by atoms with Crippen molar-refractivity contribution in [3.8, 4) is 5.69 Å². The van der Waals surface area contributed by atoms with E-state index in [0.29, 0.717) is 27.4 Å². The van der Waals surface area contributed by atoms with Crippen molar-refractivity contribution in [3.05, 3.63) is 117 Å². The Morgan fingerprint density at radius 1 is 0.857 bits per heavy atom. The molecule has 0 fully saturated rings. The maximum Gasteiger partial charge on any atom is 0.204 e. The van der Waals surface area contributed by atoms with Gasteiger partial charge < -0.3 is 8.98 Å². The van der Waals surface area contributed by atoms with Crippen LogP contribution in [0.5, 0.6) is 0 Å². The number of benzene rings is 3. The number of aryl methyl sites for hydroxylation is 1. The number of fused-ring (bicyclic) bond motifs is 2. The van der Waals surface area contributed by atoms with Crippen LogP contribution in [0.25, 0.3) is 33.6 Å². The van der Waals surface area contributed by atoms with Crippen molar-refractivity contribution >= 4 is 39.5 Å². The van der Waals surface area contributed by atoms with E-state index >= 15 is 0 Å². The molecule has 0 aliphatic heterocycles. The first-order valence-electron chi connectivity index (χ1n) is 11.3. The van der Waals surface area contributed by atoms with Crippen molar-refractivity contribution in [2.75, 3.05) is 0 Å². The smallest absolute Gasteiger partial charge is 0.204 e. The van der Waals surface area contributed by atoms with Crippen molar-refractivity contribution in [3.63, 3.8) is 0 Å². The number of rotatable bonds is 5. The van der Waals surface area contributed by atoms with E-state index < -0.39 is 11.2 Å². The van der Waals surface area contributed by atoms with Gasteiger partial charge >= 0.3 is 0 Å². The fourth-order valence-corrected chi connectivity index (χ4v) is 4.67. The van der Waals surface area contributed by atoms with E-state index in [1.165, 1.54) is 13.0 Å². The van der Waals surface area contributed by atoms with Gasteiger partial charge in [-0.25, -0.2) is 0 Å². The molecule has 0 aliphatic rings. The van der Waals surface area contributed by atoms with Gasteiger partial charge in [-0.2, -0.15) is 0 Å². The van der Waals surface area contributed by atoms with Crippen molar-refractivity contribution in [1.82, 2.24) is 4.57 Å². The highest BCUT2D eigenvalue weighted by molar-refractivity contribution is 6.13. The topological polar surface area (TPSA) is 69.3 Å². The van der Waals surface area contributed by atoms with Crippen LogP contribution < -0.4 is 5.43 Å². The molecule has 0 amide bonds. The number of carbonyl (C=O) groups is 2. The highest BCUT2D eigenvalue weighted by Crippen LogP contribution is 2.33. The number of nitrogens with zero attached hydrogens (tertiary/aromatic N) is 1. The van der Waals surface area contributed by atoms with Crippen LogP contribution in [0.3, 0.4) is 0 Å². The molecule has 0 unspecified atom stereocenters. The quantitative estimate of drug-likeness (QED) is 0.223. The molecule has 2 heterocycles. The molecule has 0 atom stereocenters. The molecule has 0 saturated heterocycles. The number of aromatic nitrogens is 1. The predicted molar refractivity (Wildman–Crippen MR) is 139 cm³/mol. The molecule has 5 aromatic rings. The summed E-state index contributed by atoms with van der Waals surface area (Å²) in [6.07, 6.45) is 3.07. The number of carbonyl (C=O) groups excluding carboxylic acids is 2. The Kier molecular flexibility index (Phi) is 5.53. The Bertz CT molecular complexity index is 1700. The normalized spacial score (nSPS) is 11.5. The Hall–Kier alpha value is -4.51. The van der Waals surface area contributed by atoms with Crippen LogP contribution >= 0.6 is 0 Å². The van der Waals surface area contributed by atoms with Crippen molar-refractivity contribution in [2.24, 2.45) is 0 Å². The molecule has 0 radical (unpaired) electrons. The molecular weight excluding hydrogens is 438 g/mol. The monoisotopic (exact) mass is 461 g/mol. The molecule has 172 valence electrons. The third-order valence-corrected chi connectivity index (χ3v) is 6.23. The lowest BCUT2D eigenvalue weighted by Gasteiger charge is -2.09. The van der Waals surface area contributed by atoms with Crippen LogP contribution in [-0.2, 0) is 0 Å². The maximum absolute atomic E-state index is 13.5. The molecule has 0 bridgehead atoms. The van der Waals surface area contributed by atoms with E-state index in [-0.39, 0.29) is 17.1 Å². The average molecular weight is 462 g/mol. The van der Waals surface area contributed by atoms with Gasteiger partial charge in [0.2, 0.25) is 5.43 Å². The van der Waals surface area contributed by atoms with Gasteiger partial charge in [0.1, 0.15) is 16.9 Å². The molecule has 5 rings (SSSR count). The summed E-state index contributed by atoms with van der Waals surface area (Å²) in [5.41, 5.74) is 3.76. The number of ketones is 2. The molecule has 0 saturated carbocycles. The predicted octanol–water partition coefficient (Wildman–Crippen LogP) is 6.45. The average Bonchev–Trinajstić information content (AvgIpc) is 3.13. The number of hydrogen-bond acceptors (Lipinski definition) is 4. The summed E-state index contributed by atoms with van der Waals surface area (Å²) in [6, 6.07) is 22.5. The van der Waals surface area contributed by atoms with E-state index in [9.17, 15) is 14.4 Å². The molecule has 35 heavy (non-hydrogen) atoms. The lowest BCUT2D eigenvalue weighted by atomic mass is 10.0. The fraction of sp³-hybridized carbons (Fsp3) is 0.100. The first-order chi connectivity index (χ1) is 16.9. The van der Waals surface area contributed by atoms with Gasteiger partial charge in [-0.3, -0.25) is 14.4 Å². The number of hydrogen-bond donors (Lipinski definition) is 0. The minimum atomic E-state index is -0.416. The summed E-state index contributed by atoms with van der Waals surface area (Å²) in [5, 5.41) is 1.00. The van der Waals surface area contributed by atoms with Crippen LogP contribution in [-0.4, -0.2) is 16.1 Å². The zero-order chi connectivity index (χ0) is 24.7. The van der Waals surface area contributed by atoms with E-state index in [1.54, 1.807) is 25.1 Å². The molecule has 0 aliphatic carbocycles. The second-order valence-corrected chi connectivity index (χ2v) is 8.52. The van der Waals surface area contributed by atoms with Crippen LogP contribution in [0.2, 0.25) is 0 Å². The van der Waals surface area contributed by atoms with Crippen LogP contribution in [0.4, 0.5) is 0 Å². The molecule has 0 N–H and O–H groups in total. The molecule has 2 aromatic heterocycles. The summed E-state index contributed by atoms with van der Waals surface area (Å²) in [7, 11) is 0. The Balaban J connectivity index is 1.75. The van der Waals surface area contributed by atoms with Crippen molar-refractivity contribution < 1.29 is 14.0 Å². The van der Waals surface area contributed by atoms with Gasteiger partial charge in [0, 0.05) is 22.3 Å². The Labute approximate surface area is 201 Å². The first-order valence-corrected chi connectivity index (χ1v) is 11.3. The van der Waals surface area contributed by atoms with Gasteiger partial charge in [0.05, 0.1) is 10.9 Å². The molecule has 0 spiro atoms. The maximum atomic E-state index is 13.5. The summed E-state index contributed by atoms with van der Waals surface area (Å²) >= 11 is 0. The minimum Gasteiger partial charge on any atom is -0.460 e. The van der Waals surface area contributed by atoms with E-state index in [4.69, 9.17) is 4.42 Å². The van der Waals surface area contributed by atoms with Crippen LogP contribution in [0.15, 0.2) is 88.1 Å². The lowest BCUT2D eigenvalue weighted by Crippen LogP contribution is -2.16.